The van der Waals surface area contributed by atoms with Crippen LogP contribution >= 0.6 is 0 Å². The predicted octanol–water partition coefficient (Wildman–Crippen LogP) is 2.94. The molecule has 3 heteroatoms. The van der Waals surface area contributed by atoms with Gasteiger partial charge in [0.25, 0.3) is 0 Å². The van der Waals surface area contributed by atoms with Gasteiger partial charge in [-0.2, -0.15) is 0 Å². The van der Waals surface area contributed by atoms with Gasteiger partial charge in [0.15, 0.2) is 11.6 Å². The van der Waals surface area contributed by atoms with E-state index < -0.39 is 0 Å². The van der Waals surface area contributed by atoms with Gasteiger partial charge in [-0.25, -0.2) is 4.39 Å². The fraction of sp³-hybridized carbons (Fsp3) is 0.500. The van der Waals surface area contributed by atoms with Crippen LogP contribution in [0.3, 0.4) is 0 Å². The van der Waals surface area contributed by atoms with Crippen LogP contribution in [0.15, 0.2) is 18.2 Å². The van der Waals surface area contributed by atoms with Gasteiger partial charge in [-0.15, -0.1) is 0 Å². The monoisotopic (exact) mass is 207 g/mol. The third kappa shape index (κ3) is 1.37. The molecular formula is C12H14FNO. The van der Waals surface area contributed by atoms with Crippen molar-refractivity contribution >= 4 is 5.69 Å². The molecule has 1 fully saturated rings. The minimum absolute atomic E-state index is 0.0702. The molecule has 1 heterocycles. The molecule has 0 atom stereocenters. The van der Waals surface area contributed by atoms with Gasteiger partial charge < -0.3 is 10.1 Å². The van der Waals surface area contributed by atoms with E-state index >= 15 is 0 Å². The third-order valence-electron chi connectivity index (χ3n) is 3.42. The van der Waals surface area contributed by atoms with Gasteiger partial charge in [0.05, 0.1) is 11.2 Å². The molecule has 1 aliphatic carbocycles. The van der Waals surface area contributed by atoms with Gasteiger partial charge in [-0.05, 0) is 25.0 Å². The van der Waals surface area contributed by atoms with Crippen LogP contribution in [0.4, 0.5) is 10.1 Å². The van der Waals surface area contributed by atoms with Gasteiger partial charge in [-0.1, -0.05) is 18.9 Å². The van der Waals surface area contributed by atoms with Crippen LogP contribution < -0.4 is 10.1 Å². The highest BCUT2D eigenvalue weighted by Crippen LogP contribution is 2.41. The number of nitrogens with one attached hydrogen (secondary N) is 1. The van der Waals surface area contributed by atoms with Crippen molar-refractivity contribution in [2.75, 3.05) is 11.9 Å². The van der Waals surface area contributed by atoms with Crippen molar-refractivity contribution in [1.29, 1.82) is 0 Å². The zero-order valence-electron chi connectivity index (χ0n) is 8.55. The van der Waals surface area contributed by atoms with Gasteiger partial charge in [-0.3, -0.25) is 0 Å². The topological polar surface area (TPSA) is 21.3 Å². The number of hydrogen-bond donors (Lipinski definition) is 1. The number of anilines is 1. The second kappa shape index (κ2) is 3.12. The van der Waals surface area contributed by atoms with Crippen LogP contribution in [0, 0.1) is 5.82 Å². The lowest BCUT2D eigenvalue weighted by atomic mass is 9.96. The highest BCUT2D eigenvalue weighted by atomic mass is 19.1. The fourth-order valence-corrected chi connectivity index (χ4v) is 2.61. The van der Waals surface area contributed by atoms with Gasteiger partial charge in [0.2, 0.25) is 0 Å². The molecule has 1 aromatic rings. The van der Waals surface area contributed by atoms with Crippen LogP contribution in [0.25, 0.3) is 0 Å². The Bertz CT molecular complexity index is 385. The van der Waals surface area contributed by atoms with E-state index in [2.05, 4.69) is 5.32 Å². The second-order valence-electron chi connectivity index (χ2n) is 4.52. The highest BCUT2D eigenvalue weighted by Gasteiger charge is 2.38. The van der Waals surface area contributed by atoms with Crippen molar-refractivity contribution in [3.63, 3.8) is 0 Å². The summed E-state index contributed by atoms with van der Waals surface area (Å²) in [5, 5.41) is 3.45. The van der Waals surface area contributed by atoms with E-state index in [0.717, 1.165) is 18.5 Å². The molecule has 1 aliphatic heterocycles. The Morgan fingerprint density at radius 2 is 2.07 bits per heavy atom. The van der Waals surface area contributed by atoms with Crippen molar-refractivity contribution in [2.45, 2.75) is 31.2 Å². The quantitative estimate of drug-likeness (QED) is 0.706. The van der Waals surface area contributed by atoms with E-state index in [1.807, 2.05) is 6.07 Å². The summed E-state index contributed by atoms with van der Waals surface area (Å²) in [6, 6.07) is 5.04. The first-order valence-electron chi connectivity index (χ1n) is 5.49. The van der Waals surface area contributed by atoms with Crippen molar-refractivity contribution in [1.82, 2.24) is 0 Å². The predicted molar refractivity (Wildman–Crippen MR) is 56.7 cm³/mol. The van der Waals surface area contributed by atoms with Crippen molar-refractivity contribution in [3.05, 3.63) is 24.0 Å². The molecule has 1 N–H and O–H groups in total. The van der Waals surface area contributed by atoms with Crippen LogP contribution in [0.5, 0.6) is 5.75 Å². The molecule has 0 aromatic heterocycles. The molecular weight excluding hydrogens is 193 g/mol. The number of halogens is 1. The molecule has 0 radical (unpaired) electrons. The molecule has 1 saturated carbocycles. The summed E-state index contributed by atoms with van der Waals surface area (Å²) in [4.78, 5) is 0. The Balaban J connectivity index is 1.96. The highest BCUT2D eigenvalue weighted by molar-refractivity contribution is 5.60. The summed E-state index contributed by atoms with van der Waals surface area (Å²) in [5.74, 6) is 0.114. The summed E-state index contributed by atoms with van der Waals surface area (Å²) in [6.45, 7) is 0.598. The fourth-order valence-electron chi connectivity index (χ4n) is 2.61. The van der Waals surface area contributed by atoms with E-state index in [9.17, 15) is 4.39 Å². The van der Waals surface area contributed by atoms with Crippen LogP contribution in [-0.2, 0) is 0 Å². The maximum Gasteiger partial charge on any atom is 0.178 e. The lowest BCUT2D eigenvalue weighted by Crippen LogP contribution is -2.44. The van der Waals surface area contributed by atoms with Gasteiger partial charge in [0, 0.05) is 0 Å². The van der Waals surface area contributed by atoms with Crippen molar-refractivity contribution in [3.8, 4) is 5.75 Å². The average Bonchev–Trinajstić information content (AvgIpc) is 2.66. The second-order valence-corrected chi connectivity index (χ2v) is 4.52. The third-order valence-corrected chi connectivity index (χ3v) is 3.42. The van der Waals surface area contributed by atoms with Crippen molar-refractivity contribution < 1.29 is 9.13 Å². The molecule has 2 aliphatic rings. The standard InChI is InChI=1S/C12H14FNO/c13-9-4-3-5-10-11(9)15-8-12(14-10)6-1-2-7-12/h3-5,14H,1-2,6-8H2. The molecule has 0 bridgehead atoms. The molecule has 1 aromatic carbocycles. The summed E-state index contributed by atoms with van der Waals surface area (Å²) >= 11 is 0. The summed E-state index contributed by atoms with van der Waals surface area (Å²) in [6.07, 6.45) is 4.73. The van der Waals surface area contributed by atoms with E-state index in [1.54, 1.807) is 6.07 Å². The van der Waals surface area contributed by atoms with E-state index in [4.69, 9.17) is 4.74 Å². The average molecular weight is 207 g/mol. The number of fused-ring (bicyclic) bond motifs is 1. The number of para-hydroxylation sites is 1. The van der Waals surface area contributed by atoms with E-state index in [-0.39, 0.29) is 11.4 Å². The minimum atomic E-state index is -0.271. The Morgan fingerprint density at radius 1 is 1.27 bits per heavy atom. The maximum absolute atomic E-state index is 13.4. The Morgan fingerprint density at radius 3 is 2.87 bits per heavy atom. The number of benzene rings is 1. The zero-order chi connectivity index (χ0) is 10.3. The van der Waals surface area contributed by atoms with Gasteiger partial charge in [0.1, 0.15) is 6.61 Å². The summed E-state index contributed by atoms with van der Waals surface area (Å²) in [7, 11) is 0. The molecule has 0 unspecified atom stereocenters. The largest absolute Gasteiger partial charge is 0.486 e. The molecule has 15 heavy (non-hydrogen) atoms. The lowest BCUT2D eigenvalue weighted by Gasteiger charge is -2.36. The normalized spacial score (nSPS) is 21.9. The van der Waals surface area contributed by atoms with Crippen LogP contribution in [-0.4, -0.2) is 12.1 Å². The first kappa shape index (κ1) is 9.01. The van der Waals surface area contributed by atoms with Crippen LogP contribution in [0.2, 0.25) is 0 Å². The molecule has 0 saturated heterocycles. The van der Waals surface area contributed by atoms with E-state index in [1.165, 1.54) is 18.9 Å². The minimum Gasteiger partial charge on any atom is -0.486 e. The molecule has 1 spiro atoms. The summed E-state index contributed by atoms with van der Waals surface area (Å²) in [5.41, 5.74) is 0.879. The lowest BCUT2D eigenvalue weighted by molar-refractivity contribution is 0.212. The molecule has 2 nitrogen and oxygen atoms in total. The SMILES string of the molecule is Fc1cccc2c1OCC1(CCCC1)N2. The molecule has 80 valence electrons. The maximum atomic E-state index is 13.4. The number of rotatable bonds is 0. The first-order valence-corrected chi connectivity index (χ1v) is 5.49. The summed E-state index contributed by atoms with van der Waals surface area (Å²) < 4.78 is 18.9. The zero-order valence-corrected chi connectivity index (χ0v) is 8.55. The molecule has 0 amide bonds. The first-order chi connectivity index (χ1) is 7.29. The van der Waals surface area contributed by atoms with Gasteiger partial charge >= 0.3 is 0 Å². The molecule has 3 rings (SSSR count). The van der Waals surface area contributed by atoms with E-state index in [0.29, 0.717) is 12.4 Å². The Kier molecular flexibility index (Phi) is 1.87. The van der Waals surface area contributed by atoms with Crippen LogP contribution in [0.1, 0.15) is 25.7 Å². The number of ether oxygens (including phenoxy) is 1. The Hall–Kier alpha value is -1.25. The Labute approximate surface area is 88.4 Å². The smallest absolute Gasteiger partial charge is 0.178 e. The van der Waals surface area contributed by atoms with Crippen molar-refractivity contribution in [2.24, 2.45) is 0 Å². The number of hydrogen-bond acceptors (Lipinski definition) is 2.